The van der Waals surface area contributed by atoms with E-state index in [1.54, 1.807) is 4.68 Å². The summed E-state index contributed by atoms with van der Waals surface area (Å²) in [7, 11) is 0. The van der Waals surface area contributed by atoms with Crippen LogP contribution >= 0.6 is 0 Å². The predicted octanol–water partition coefficient (Wildman–Crippen LogP) is 3.62. The number of aryl methyl sites for hydroxylation is 1. The Kier molecular flexibility index (Phi) is 4.43. The van der Waals surface area contributed by atoms with E-state index in [1.807, 2.05) is 42.5 Å². The molecule has 114 valence electrons. The zero-order chi connectivity index (χ0) is 16.1. The van der Waals surface area contributed by atoms with Gasteiger partial charge in [-0.15, -0.1) is 5.10 Å². The first-order chi connectivity index (χ1) is 11.3. The summed E-state index contributed by atoms with van der Waals surface area (Å²) in [6.07, 6.45) is 4.58. The fourth-order valence-corrected chi connectivity index (χ4v) is 2.31. The SMILES string of the molecule is Cc1ccc(Cn2nnc(C=O)c2/C=C/c2ccccc2)cc1. The normalized spacial score (nSPS) is 11.0. The van der Waals surface area contributed by atoms with Gasteiger partial charge in [0, 0.05) is 0 Å². The third-order valence-corrected chi connectivity index (χ3v) is 3.60. The summed E-state index contributed by atoms with van der Waals surface area (Å²) in [6.45, 7) is 2.63. The minimum atomic E-state index is 0.351. The second-order valence-electron chi connectivity index (χ2n) is 5.37. The highest BCUT2D eigenvalue weighted by Gasteiger charge is 2.09. The lowest BCUT2D eigenvalue weighted by atomic mass is 10.1. The van der Waals surface area contributed by atoms with Crippen molar-refractivity contribution >= 4 is 18.4 Å². The largest absolute Gasteiger partial charge is 0.296 e. The van der Waals surface area contributed by atoms with E-state index in [0.717, 1.165) is 17.4 Å². The first kappa shape index (κ1) is 14.9. The van der Waals surface area contributed by atoms with Gasteiger partial charge in [-0.05, 0) is 24.1 Å². The summed E-state index contributed by atoms with van der Waals surface area (Å²) in [5, 5.41) is 8.06. The van der Waals surface area contributed by atoms with Gasteiger partial charge in [-0.2, -0.15) is 0 Å². The van der Waals surface area contributed by atoms with Crippen molar-refractivity contribution in [2.24, 2.45) is 0 Å². The molecule has 0 aliphatic rings. The van der Waals surface area contributed by atoms with E-state index in [-0.39, 0.29) is 0 Å². The molecule has 1 aromatic heterocycles. The topological polar surface area (TPSA) is 47.8 Å². The molecule has 0 bridgehead atoms. The Labute approximate surface area is 135 Å². The molecule has 1 heterocycles. The Bertz CT molecular complexity index is 818. The third-order valence-electron chi connectivity index (χ3n) is 3.60. The van der Waals surface area contributed by atoms with Crippen LogP contribution in [0.5, 0.6) is 0 Å². The summed E-state index contributed by atoms with van der Waals surface area (Å²) in [5.41, 5.74) is 4.46. The predicted molar refractivity (Wildman–Crippen MR) is 91.1 cm³/mol. The van der Waals surface area contributed by atoms with Gasteiger partial charge in [-0.3, -0.25) is 4.79 Å². The van der Waals surface area contributed by atoms with Crippen LogP contribution in [-0.2, 0) is 6.54 Å². The smallest absolute Gasteiger partial charge is 0.172 e. The van der Waals surface area contributed by atoms with Gasteiger partial charge in [-0.25, -0.2) is 4.68 Å². The molecule has 0 aliphatic carbocycles. The van der Waals surface area contributed by atoms with Crippen LogP contribution in [0.15, 0.2) is 54.6 Å². The maximum atomic E-state index is 11.2. The quantitative estimate of drug-likeness (QED) is 0.676. The summed E-state index contributed by atoms with van der Waals surface area (Å²) in [4.78, 5) is 11.2. The molecule has 4 heteroatoms. The highest BCUT2D eigenvalue weighted by molar-refractivity contribution is 5.81. The van der Waals surface area contributed by atoms with Gasteiger partial charge < -0.3 is 0 Å². The van der Waals surface area contributed by atoms with Crippen LogP contribution in [0.1, 0.15) is 32.9 Å². The molecule has 3 aromatic rings. The highest BCUT2D eigenvalue weighted by Crippen LogP contribution is 2.13. The van der Waals surface area contributed by atoms with E-state index < -0.39 is 0 Å². The average molecular weight is 303 g/mol. The van der Waals surface area contributed by atoms with Crippen LogP contribution in [0, 0.1) is 6.92 Å². The molecule has 23 heavy (non-hydrogen) atoms. The van der Waals surface area contributed by atoms with E-state index in [2.05, 4.69) is 41.5 Å². The first-order valence-electron chi connectivity index (χ1n) is 7.43. The number of rotatable bonds is 5. The van der Waals surface area contributed by atoms with Crippen molar-refractivity contribution in [3.05, 3.63) is 82.7 Å². The molecule has 0 aliphatic heterocycles. The first-order valence-corrected chi connectivity index (χ1v) is 7.43. The zero-order valence-electron chi connectivity index (χ0n) is 12.9. The molecule has 0 N–H and O–H groups in total. The van der Waals surface area contributed by atoms with E-state index in [4.69, 9.17) is 0 Å². The number of aromatic nitrogens is 3. The second kappa shape index (κ2) is 6.83. The zero-order valence-corrected chi connectivity index (χ0v) is 12.9. The van der Waals surface area contributed by atoms with Crippen molar-refractivity contribution in [2.45, 2.75) is 13.5 Å². The standard InChI is InChI=1S/C19H17N3O/c1-15-7-9-17(10-8-15)13-22-19(18(14-23)20-21-22)12-11-16-5-3-2-4-6-16/h2-12,14H,13H2,1H3/b12-11+. The van der Waals surface area contributed by atoms with Crippen molar-refractivity contribution < 1.29 is 4.79 Å². The number of hydrogen-bond donors (Lipinski definition) is 0. The van der Waals surface area contributed by atoms with E-state index in [9.17, 15) is 4.79 Å². The van der Waals surface area contributed by atoms with Crippen LogP contribution in [-0.4, -0.2) is 21.3 Å². The van der Waals surface area contributed by atoms with Crippen LogP contribution in [0.4, 0.5) is 0 Å². The van der Waals surface area contributed by atoms with Crippen LogP contribution in [0.3, 0.4) is 0 Å². The Balaban J connectivity index is 1.89. The number of carbonyl (C=O) groups is 1. The average Bonchev–Trinajstić information content (AvgIpc) is 2.98. The van der Waals surface area contributed by atoms with Gasteiger partial charge >= 0.3 is 0 Å². The van der Waals surface area contributed by atoms with Gasteiger partial charge in [0.15, 0.2) is 12.0 Å². The van der Waals surface area contributed by atoms with E-state index in [1.165, 1.54) is 5.56 Å². The van der Waals surface area contributed by atoms with Crippen molar-refractivity contribution in [3.8, 4) is 0 Å². The Morgan fingerprint density at radius 3 is 2.43 bits per heavy atom. The van der Waals surface area contributed by atoms with E-state index in [0.29, 0.717) is 17.9 Å². The van der Waals surface area contributed by atoms with Gasteiger partial charge in [0.25, 0.3) is 0 Å². The maximum absolute atomic E-state index is 11.2. The Morgan fingerprint density at radius 2 is 1.74 bits per heavy atom. The molecule has 0 radical (unpaired) electrons. The fraction of sp³-hybridized carbons (Fsp3) is 0.105. The highest BCUT2D eigenvalue weighted by atomic mass is 16.1. The van der Waals surface area contributed by atoms with Crippen LogP contribution in [0.2, 0.25) is 0 Å². The summed E-state index contributed by atoms with van der Waals surface area (Å²) >= 11 is 0. The monoisotopic (exact) mass is 303 g/mol. The number of carbonyl (C=O) groups excluding carboxylic acids is 1. The molecule has 0 atom stereocenters. The lowest BCUT2D eigenvalue weighted by Gasteiger charge is -2.04. The molecule has 0 spiro atoms. The minimum Gasteiger partial charge on any atom is -0.296 e. The number of nitrogens with zero attached hydrogens (tertiary/aromatic N) is 3. The molecule has 2 aromatic carbocycles. The van der Waals surface area contributed by atoms with Crippen LogP contribution < -0.4 is 0 Å². The lowest BCUT2D eigenvalue weighted by Crippen LogP contribution is -2.04. The van der Waals surface area contributed by atoms with Gasteiger partial charge in [0.1, 0.15) is 0 Å². The van der Waals surface area contributed by atoms with Crippen molar-refractivity contribution in [2.75, 3.05) is 0 Å². The minimum absolute atomic E-state index is 0.351. The molecular weight excluding hydrogens is 286 g/mol. The molecule has 0 saturated heterocycles. The molecule has 0 amide bonds. The fourth-order valence-electron chi connectivity index (χ4n) is 2.31. The second-order valence-corrected chi connectivity index (χ2v) is 5.37. The van der Waals surface area contributed by atoms with Gasteiger partial charge in [-0.1, -0.05) is 71.5 Å². The number of hydrogen-bond acceptors (Lipinski definition) is 3. The molecule has 0 unspecified atom stereocenters. The molecule has 3 rings (SSSR count). The lowest BCUT2D eigenvalue weighted by molar-refractivity contribution is 0.111. The maximum Gasteiger partial charge on any atom is 0.172 e. The molecular formula is C19H17N3O. The van der Waals surface area contributed by atoms with Crippen LogP contribution in [0.25, 0.3) is 12.2 Å². The summed E-state index contributed by atoms with van der Waals surface area (Å²) in [5.74, 6) is 0. The Hall–Kier alpha value is -3.01. The summed E-state index contributed by atoms with van der Waals surface area (Å²) in [6, 6.07) is 18.2. The van der Waals surface area contributed by atoms with Crippen molar-refractivity contribution in [1.29, 1.82) is 0 Å². The Morgan fingerprint density at radius 1 is 1.00 bits per heavy atom. The number of benzene rings is 2. The third kappa shape index (κ3) is 3.61. The van der Waals surface area contributed by atoms with E-state index >= 15 is 0 Å². The van der Waals surface area contributed by atoms with Gasteiger partial charge in [0.2, 0.25) is 0 Å². The van der Waals surface area contributed by atoms with Crippen molar-refractivity contribution in [1.82, 2.24) is 15.0 Å². The molecule has 0 saturated carbocycles. The van der Waals surface area contributed by atoms with Gasteiger partial charge in [0.05, 0.1) is 12.2 Å². The number of aldehydes is 1. The van der Waals surface area contributed by atoms with Crippen molar-refractivity contribution in [3.63, 3.8) is 0 Å². The molecule has 4 nitrogen and oxygen atoms in total. The molecule has 0 fully saturated rings. The summed E-state index contributed by atoms with van der Waals surface area (Å²) < 4.78 is 1.74.